The molecule has 1 aromatic carbocycles. The van der Waals surface area contributed by atoms with Crippen molar-refractivity contribution in [3.05, 3.63) is 40.7 Å². The summed E-state index contributed by atoms with van der Waals surface area (Å²) in [5.41, 5.74) is 8.79. The molecule has 1 aromatic heterocycles. The number of aryl methyl sites for hydroxylation is 2. The Morgan fingerprint density at radius 1 is 1.32 bits per heavy atom. The van der Waals surface area contributed by atoms with Gasteiger partial charge in [0.05, 0.1) is 6.54 Å². The highest BCUT2D eigenvalue weighted by Gasteiger charge is 2.06. The predicted octanol–water partition coefficient (Wildman–Crippen LogP) is 1.58. The summed E-state index contributed by atoms with van der Waals surface area (Å²) in [6, 6.07) is 5.72. The lowest BCUT2D eigenvalue weighted by molar-refractivity contribution is 0.270. The predicted molar refractivity (Wildman–Crippen MR) is 70.5 cm³/mol. The van der Waals surface area contributed by atoms with E-state index >= 15 is 0 Å². The molecule has 0 aliphatic carbocycles. The Morgan fingerprint density at radius 3 is 2.79 bits per heavy atom. The summed E-state index contributed by atoms with van der Waals surface area (Å²) < 4.78 is 10.2. The monoisotopic (exact) mass is 257 g/mol. The van der Waals surface area contributed by atoms with Gasteiger partial charge in [0.15, 0.2) is 0 Å². The van der Waals surface area contributed by atoms with E-state index in [2.05, 4.69) is 26.8 Å². The lowest BCUT2D eigenvalue weighted by atomic mass is 10.1. The summed E-state index contributed by atoms with van der Waals surface area (Å²) in [7, 11) is 0. The van der Waals surface area contributed by atoms with E-state index in [4.69, 9.17) is 10.5 Å². The van der Waals surface area contributed by atoms with Crippen LogP contribution in [0.25, 0.3) is 0 Å². The highest BCUT2D eigenvalue weighted by molar-refractivity contribution is 5.44. The van der Waals surface area contributed by atoms with Gasteiger partial charge in [0.1, 0.15) is 23.7 Å². The molecule has 19 heavy (non-hydrogen) atoms. The van der Waals surface area contributed by atoms with Gasteiger partial charge in [0, 0.05) is 5.56 Å². The van der Waals surface area contributed by atoms with Crippen LogP contribution in [0.4, 0.5) is 0 Å². The van der Waals surface area contributed by atoms with Crippen molar-refractivity contribution in [3.8, 4) is 17.6 Å². The molecule has 0 aliphatic heterocycles. The molecule has 5 heteroatoms. The number of nitrogens with zero attached hydrogens (tertiary/aromatic N) is 2. The molecule has 2 aromatic rings. The van der Waals surface area contributed by atoms with Crippen LogP contribution in [-0.4, -0.2) is 16.9 Å². The highest BCUT2D eigenvalue weighted by Crippen LogP contribution is 2.18. The first kappa shape index (κ1) is 13.1. The van der Waals surface area contributed by atoms with E-state index in [0.717, 1.165) is 22.6 Å². The van der Waals surface area contributed by atoms with Crippen molar-refractivity contribution in [2.45, 2.75) is 20.5 Å². The van der Waals surface area contributed by atoms with Gasteiger partial charge in [-0.15, -0.1) is 0 Å². The van der Waals surface area contributed by atoms with Gasteiger partial charge in [-0.05, 0) is 37.6 Å². The first-order chi connectivity index (χ1) is 9.20. The Morgan fingerprint density at radius 2 is 2.16 bits per heavy atom. The molecule has 2 rings (SSSR count). The van der Waals surface area contributed by atoms with Gasteiger partial charge in [0.2, 0.25) is 0 Å². The third-order valence-corrected chi connectivity index (χ3v) is 2.64. The first-order valence-electron chi connectivity index (χ1n) is 5.91. The molecule has 0 saturated heterocycles. The molecular formula is C14H15N3O2. The molecule has 98 valence electrons. The smallest absolute Gasteiger partial charge is 0.145 e. The fourth-order valence-corrected chi connectivity index (χ4v) is 1.54. The Balaban J connectivity index is 2.06. The first-order valence-corrected chi connectivity index (χ1v) is 5.91. The summed E-state index contributed by atoms with van der Waals surface area (Å²) >= 11 is 0. The molecule has 0 amide bonds. The van der Waals surface area contributed by atoms with Gasteiger partial charge in [-0.3, -0.25) is 0 Å². The molecule has 0 spiro atoms. The maximum absolute atomic E-state index is 5.64. The summed E-state index contributed by atoms with van der Waals surface area (Å²) in [6.45, 7) is 4.50. The van der Waals surface area contributed by atoms with Gasteiger partial charge < -0.3 is 10.5 Å². The minimum absolute atomic E-state index is 0.336. The average Bonchev–Trinajstić information content (AvgIpc) is 2.81. The molecule has 0 fully saturated rings. The van der Waals surface area contributed by atoms with Crippen molar-refractivity contribution in [1.29, 1.82) is 0 Å². The molecule has 0 saturated carbocycles. The summed E-state index contributed by atoms with van der Waals surface area (Å²) in [4.78, 5) is 0. The molecule has 0 aliphatic rings. The van der Waals surface area contributed by atoms with Crippen LogP contribution in [0.3, 0.4) is 0 Å². The number of hydrogen-bond donors (Lipinski definition) is 1. The van der Waals surface area contributed by atoms with Gasteiger partial charge in [-0.1, -0.05) is 22.2 Å². The number of rotatable bonds is 3. The normalized spacial score (nSPS) is 9.84. The van der Waals surface area contributed by atoms with E-state index in [-0.39, 0.29) is 0 Å². The zero-order valence-corrected chi connectivity index (χ0v) is 10.9. The van der Waals surface area contributed by atoms with Crippen molar-refractivity contribution >= 4 is 0 Å². The van der Waals surface area contributed by atoms with Crippen LogP contribution in [0.5, 0.6) is 5.75 Å². The number of ether oxygens (including phenoxy) is 1. The van der Waals surface area contributed by atoms with E-state index in [1.165, 1.54) is 0 Å². The molecule has 1 heterocycles. The molecule has 0 atom stereocenters. The molecule has 5 nitrogen and oxygen atoms in total. The lowest BCUT2D eigenvalue weighted by Gasteiger charge is -2.06. The molecule has 2 N–H and O–H groups in total. The minimum Gasteiger partial charge on any atom is -0.487 e. The van der Waals surface area contributed by atoms with Crippen molar-refractivity contribution in [1.82, 2.24) is 10.3 Å². The third kappa shape index (κ3) is 3.33. The van der Waals surface area contributed by atoms with Gasteiger partial charge >= 0.3 is 0 Å². The Labute approximate surface area is 111 Å². The molecule has 0 radical (unpaired) electrons. The number of nitrogens with two attached hydrogens (primary N) is 1. The van der Waals surface area contributed by atoms with Crippen LogP contribution in [0, 0.1) is 25.7 Å². The van der Waals surface area contributed by atoms with Crippen molar-refractivity contribution in [3.63, 3.8) is 0 Å². The quantitative estimate of drug-likeness (QED) is 0.845. The second-order valence-corrected chi connectivity index (χ2v) is 4.07. The van der Waals surface area contributed by atoms with Gasteiger partial charge in [0.25, 0.3) is 0 Å². The summed E-state index contributed by atoms with van der Waals surface area (Å²) in [6.07, 6.45) is 0. The average molecular weight is 257 g/mol. The Kier molecular flexibility index (Phi) is 4.16. The van der Waals surface area contributed by atoms with Crippen LogP contribution in [0.2, 0.25) is 0 Å². The topological polar surface area (TPSA) is 74.2 Å². The van der Waals surface area contributed by atoms with Crippen molar-refractivity contribution in [2.24, 2.45) is 5.73 Å². The lowest BCUT2D eigenvalue weighted by Crippen LogP contribution is -1.98. The maximum Gasteiger partial charge on any atom is 0.145 e. The standard InChI is InChI=1S/C14H15N3O2/c1-10-8-13(6-5-12(10)4-3-7-15)18-9-14-11(2)16-19-17-14/h5-6,8H,7,9,15H2,1-2H3. The van der Waals surface area contributed by atoms with Crippen LogP contribution in [0.1, 0.15) is 22.5 Å². The summed E-state index contributed by atoms with van der Waals surface area (Å²) in [5, 5.41) is 7.46. The summed E-state index contributed by atoms with van der Waals surface area (Å²) in [5.74, 6) is 6.61. The number of benzene rings is 1. The largest absolute Gasteiger partial charge is 0.487 e. The van der Waals surface area contributed by atoms with E-state index in [0.29, 0.717) is 18.8 Å². The van der Waals surface area contributed by atoms with Crippen LogP contribution < -0.4 is 10.5 Å². The molecular weight excluding hydrogens is 242 g/mol. The van der Waals surface area contributed by atoms with Crippen LogP contribution in [-0.2, 0) is 6.61 Å². The second kappa shape index (κ2) is 6.03. The van der Waals surface area contributed by atoms with E-state index < -0.39 is 0 Å². The fraction of sp³-hybridized carbons (Fsp3) is 0.286. The Hall–Kier alpha value is -2.32. The highest BCUT2D eigenvalue weighted by atomic mass is 16.6. The third-order valence-electron chi connectivity index (χ3n) is 2.64. The zero-order chi connectivity index (χ0) is 13.7. The van der Waals surface area contributed by atoms with E-state index in [1.54, 1.807) is 0 Å². The second-order valence-electron chi connectivity index (χ2n) is 4.07. The van der Waals surface area contributed by atoms with Crippen molar-refractivity contribution in [2.75, 3.05) is 6.54 Å². The minimum atomic E-state index is 0.336. The van der Waals surface area contributed by atoms with Crippen LogP contribution in [0.15, 0.2) is 22.8 Å². The van der Waals surface area contributed by atoms with E-state index in [9.17, 15) is 0 Å². The molecule has 0 bridgehead atoms. The maximum atomic E-state index is 5.64. The SMILES string of the molecule is Cc1cc(OCc2nonc2C)ccc1C#CCN. The molecule has 0 unspecified atom stereocenters. The van der Waals surface area contributed by atoms with Crippen LogP contribution >= 0.6 is 0 Å². The van der Waals surface area contributed by atoms with Gasteiger partial charge in [-0.2, -0.15) is 0 Å². The van der Waals surface area contributed by atoms with E-state index in [1.807, 2.05) is 32.0 Å². The number of aromatic nitrogens is 2. The van der Waals surface area contributed by atoms with Crippen molar-refractivity contribution < 1.29 is 9.37 Å². The fourth-order valence-electron chi connectivity index (χ4n) is 1.54. The Bertz CT molecular complexity index is 623. The zero-order valence-electron chi connectivity index (χ0n) is 10.9. The number of hydrogen-bond acceptors (Lipinski definition) is 5. The van der Waals surface area contributed by atoms with Gasteiger partial charge in [-0.25, -0.2) is 4.63 Å².